The van der Waals surface area contributed by atoms with E-state index in [0.29, 0.717) is 5.95 Å². The first-order valence-electron chi connectivity index (χ1n) is 6.17. The zero-order valence-corrected chi connectivity index (χ0v) is 11.2. The number of benzene rings is 1. The minimum atomic E-state index is 0.598. The lowest BCUT2D eigenvalue weighted by Gasteiger charge is -2.09. The fourth-order valence-corrected chi connectivity index (χ4v) is 2.18. The molecule has 3 rings (SSSR count). The maximum absolute atomic E-state index is 4.54. The highest BCUT2D eigenvalue weighted by atomic mass is 15.3. The molecule has 0 saturated carbocycles. The highest BCUT2D eigenvalue weighted by Gasteiger charge is 2.11. The summed E-state index contributed by atoms with van der Waals surface area (Å²) in [6, 6.07) is 9.99. The van der Waals surface area contributed by atoms with Crippen molar-refractivity contribution >= 4 is 16.9 Å². The minimum Gasteiger partial charge on any atom is -0.357 e. The Morgan fingerprint density at radius 3 is 2.58 bits per heavy atom. The van der Waals surface area contributed by atoms with E-state index in [1.165, 1.54) is 0 Å². The van der Waals surface area contributed by atoms with Crippen LogP contribution in [0, 0.1) is 13.8 Å². The molecule has 0 atom stereocenters. The third kappa shape index (κ3) is 1.93. The summed E-state index contributed by atoms with van der Waals surface area (Å²) < 4.78 is 1.86. The van der Waals surface area contributed by atoms with E-state index in [4.69, 9.17) is 0 Å². The van der Waals surface area contributed by atoms with Crippen LogP contribution in [0.5, 0.6) is 0 Å². The highest BCUT2D eigenvalue weighted by Crippen LogP contribution is 2.21. The summed E-state index contributed by atoms with van der Waals surface area (Å²) in [5.74, 6) is 1.40. The van der Waals surface area contributed by atoms with E-state index in [0.717, 1.165) is 28.1 Å². The topological polar surface area (TPSA) is 55.6 Å². The fraction of sp³-hybridized carbons (Fsp3) is 0.214. The van der Waals surface area contributed by atoms with Crippen LogP contribution in [0.2, 0.25) is 0 Å². The third-order valence-electron chi connectivity index (χ3n) is 3.02. The molecule has 0 saturated heterocycles. The van der Waals surface area contributed by atoms with Crippen LogP contribution in [0.15, 0.2) is 30.3 Å². The number of para-hydroxylation sites is 1. The van der Waals surface area contributed by atoms with E-state index in [1.54, 1.807) is 0 Å². The fourth-order valence-electron chi connectivity index (χ4n) is 2.18. The van der Waals surface area contributed by atoms with E-state index >= 15 is 0 Å². The van der Waals surface area contributed by atoms with Gasteiger partial charge in [0.15, 0.2) is 5.82 Å². The van der Waals surface area contributed by atoms with E-state index in [1.807, 2.05) is 55.9 Å². The van der Waals surface area contributed by atoms with Gasteiger partial charge in [0, 0.05) is 18.1 Å². The number of nitrogens with one attached hydrogen (secondary N) is 1. The van der Waals surface area contributed by atoms with Crippen LogP contribution < -0.4 is 5.32 Å². The molecule has 1 aromatic carbocycles. The average molecular weight is 253 g/mol. The van der Waals surface area contributed by atoms with Gasteiger partial charge >= 0.3 is 0 Å². The first-order valence-corrected chi connectivity index (χ1v) is 6.17. The molecule has 2 heterocycles. The maximum atomic E-state index is 4.54. The van der Waals surface area contributed by atoms with Crippen LogP contribution in [0.4, 0.5) is 5.95 Å². The average Bonchev–Trinajstić information content (AvgIpc) is 2.76. The molecule has 1 N–H and O–H groups in total. The number of nitrogens with zero attached hydrogens (tertiary/aromatic N) is 4. The predicted octanol–water partition coefficient (Wildman–Crippen LogP) is 2.47. The van der Waals surface area contributed by atoms with E-state index < -0.39 is 0 Å². The molecule has 0 fully saturated rings. The van der Waals surface area contributed by atoms with Gasteiger partial charge in [-0.1, -0.05) is 12.1 Å². The number of rotatable bonds is 2. The first kappa shape index (κ1) is 11.6. The molecule has 0 amide bonds. The summed E-state index contributed by atoms with van der Waals surface area (Å²) in [6.07, 6.45) is 0. The molecule has 0 aliphatic carbocycles. The number of aromatic nitrogens is 4. The van der Waals surface area contributed by atoms with Crippen LogP contribution in [0.25, 0.3) is 16.7 Å². The molecule has 96 valence electrons. The smallest absolute Gasteiger partial charge is 0.225 e. The van der Waals surface area contributed by atoms with Crippen molar-refractivity contribution in [1.29, 1.82) is 0 Å². The Morgan fingerprint density at radius 2 is 1.89 bits per heavy atom. The molecular formula is C14H15N5. The molecule has 0 spiro atoms. The second-order valence-electron chi connectivity index (χ2n) is 4.48. The number of hydrogen-bond donors (Lipinski definition) is 1. The summed E-state index contributed by atoms with van der Waals surface area (Å²) >= 11 is 0. The summed E-state index contributed by atoms with van der Waals surface area (Å²) in [5, 5.41) is 8.49. The van der Waals surface area contributed by atoms with Crippen LogP contribution >= 0.6 is 0 Å². The normalized spacial score (nSPS) is 10.9. The van der Waals surface area contributed by atoms with Crippen molar-refractivity contribution in [3.63, 3.8) is 0 Å². The van der Waals surface area contributed by atoms with Gasteiger partial charge in [0.05, 0.1) is 11.2 Å². The monoisotopic (exact) mass is 253 g/mol. The number of hydrogen-bond acceptors (Lipinski definition) is 4. The number of anilines is 1. The minimum absolute atomic E-state index is 0.598. The summed E-state index contributed by atoms with van der Waals surface area (Å²) in [5.41, 5.74) is 2.94. The van der Waals surface area contributed by atoms with Gasteiger partial charge in [0.1, 0.15) is 0 Å². The van der Waals surface area contributed by atoms with Crippen molar-refractivity contribution in [2.45, 2.75) is 13.8 Å². The van der Waals surface area contributed by atoms with Gasteiger partial charge in [0.2, 0.25) is 5.95 Å². The quantitative estimate of drug-likeness (QED) is 0.762. The van der Waals surface area contributed by atoms with Crippen molar-refractivity contribution in [2.75, 3.05) is 12.4 Å². The predicted molar refractivity (Wildman–Crippen MR) is 75.7 cm³/mol. The number of fused-ring (bicyclic) bond motifs is 1. The van der Waals surface area contributed by atoms with Gasteiger partial charge in [-0.25, -0.2) is 9.67 Å². The Hall–Kier alpha value is -2.43. The van der Waals surface area contributed by atoms with Gasteiger partial charge in [-0.15, -0.1) is 0 Å². The van der Waals surface area contributed by atoms with E-state index in [2.05, 4.69) is 20.4 Å². The first-order chi connectivity index (χ1) is 9.19. The van der Waals surface area contributed by atoms with Crippen molar-refractivity contribution in [3.8, 4) is 5.82 Å². The highest BCUT2D eigenvalue weighted by molar-refractivity contribution is 5.86. The van der Waals surface area contributed by atoms with Gasteiger partial charge in [-0.05, 0) is 32.0 Å². The lowest BCUT2D eigenvalue weighted by Crippen LogP contribution is -2.07. The molecule has 5 heteroatoms. The Labute approximate surface area is 111 Å². The maximum Gasteiger partial charge on any atom is 0.225 e. The van der Waals surface area contributed by atoms with Gasteiger partial charge < -0.3 is 5.32 Å². The molecular weight excluding hydrogens is 238 g/mol. The zero-order chi connectivity index (χ0) is 13.4. The molecule has 0 bridgehead atoms. The Kier molecular flexibility index (Phi) is 2.67. The summed E-state index contributed by atoms with van der Waals surface area (Å²) in [6.45, 7) is 4.00. The Morgan fingerprint density at radius 1 is 1.11 bits per heavy atom. The lowest BCUT2D eigenvalue weighted by atomic mass is 10.2. The van der Waals surface area contributed by atoms with Gasteiger partial charge in [-0.3, -0.25) is 0 Å². The SMILES string of the molecule is CNc1nc(-n2nc(C)cc2C)c2ccccc2n1. The van der Waals surface area contributed by atoms with Gasteiger partial charge in [0.25, 0.3) is 0 Å². The molecule has 0 radical (unpaired) electrons. The van der Waals surface area contributed by atoms with Crippen LogP contribution in [0.3, 0.4) is 0 Å². The molecule has 5 nitrogen and oxygen atoms in total. The second kappa shape index (κ2) is 4.35. The Balaban J connectivity index is 2.35. The van der Waals surface area contributed by atoms with Crippen LogP contribution in [-0.4, -0.2) is 26.8 Å². The lowest BCUT2D eigenvalue weighted by molar-refractivity contribution is 0.811. The van der Waals surface area contributed by atoms with Crippen LogP contribution in [-0.2, 0) is 0 Å². The third-order valence-corrected chi connectivity index (χ3v) is 3.02. The molecule has 19 heavy (non-hydrogen) atoms. The van der Waals surface area contributed by atoms with Crippen LogP contribution in [0.1, 0.15) is 11.4 Å². The van der Waals surface area contributed by atoms with Gasteiger partial charge in [-0.2, -0.15) is 10.1 Å². The van der Waals surface area contributed by atoms with Crippen molar-refractivity contribution in [2.24, 2.45) is 0 Å². The second-order valence-corrected chi connectivity index (χ2v) is 4.48. The van der Waals surface area contributed by atoms with Crippen molar-refractivity contribution < 1.29 is 0 Å². The zero-order valence-electron chi connectivity index (χ0n) is 11.2. The van der Waals surface area contributed by atoms with Crippen molar-refractivity contribution in [3.05, 3.63) is 41.7 Å². The molecule has 2 aromatic heterocycles. The molecule has 0 unspecified atom stereocenters. The molecule has 0 aliphatic heterocycles. The van der Waals surface area contributed by atoms with E-state index in [9.17, 15) is 0 Å². The standard InChI is InChI=1S/C14H15N5/c1-9-8-10(2)19(18-9)13-11-6-4-5-7-12(11)16-14(15-3)17-13/h4-8H,1-3H3,(H,15,16,17). The van der Waals surface area contributed by atoms with E-state index in [-0.39, 0.29) is 0 Å². The largest absolute Gasteiger partial charge is 0.357 e. The Bertz CT molecular complexity index is 745. The number of aryl methyl sites for hydroxylation is 2. The summed E-state index contributed by atoms with van der Waals surface area (Å²) in [7, 11) is 1.81. The summed E-state index contributed by atoms with van der Waals surface area (Å²) in [4.78, 5) is 9.00. The molecule has 0 aliphatic rings. The molecule has 3 aromatic rings. The van der Waals surface area contributed by atoms with Crippen molar-refractivity contribution in [1.82, 2.24) is 19.7 Å².